The highest BCUT2D eigenvalue weighted by atomic mass is 16.2. The van der Waals surface area contributed by atoms with Gasteiger partial charge in [-0.05, 0) is 55.5 Å². The van der Waals surface area contributed by atoms with E-state index < -0.39 is 0 Å². The van der Waals surface area contributed by atoms with E-state index in [4.69, 9.17) is 0 Å². The molecular weight excluding hydrogens is 334 g/mol. The van der Waals surface area contributed by atoms with Crippen LogP contribution in [0.1, 0.15) is 29.2 Å². The van der Waals surface area contributed by atoms with Crippen LogP contribution in [0.3, 0.4) is 0 Å². The van der Waals surface area contributed by atoms with Gasteiger partial charge in [0.25, 0.3) is 0 Å². The Balaban J connectivity index is 1.57. The molecule has 0 radical (unpaired) electrons. The molecule has 27 heavy (non-hydrogen) atoms. The van der Waals surface area contributed by atoms with Crippen LogP contribution < -0.4 is 10.2 Å². The summed E-state index contributed by atoms with van der Waals surface area (Å²) < 4.78 is 0. The fourth-order valence-electron chi connectivity index (χ4n) is 3.83. The number of anilines is 2. The van der Waals surface area contributed by atoms with Gasteiger partial charge in [0.2, 0.25) is 5.91 Å². The third kappa shape index (κ3) is 4.26. The summed E-state index contributed by atoms with van der Waals surface area (Å²) in [6, 6.07) is 12.8. The molecular formula is C23H31N3O. The quantitative estimate of drug-likeness (QED) is 0.872. The van der Waals surface area contributed by atoms with Crippen LogP contribution in [0.25, 0.3) is 0 Å². The molecule has 4 heteroatoms. The number of para-hydroxylation sites is 1. The number of piperazine rings is 1. The van der Waals surface area contributed by atoms with E-state index in [1.165, 1.54) is 27.9 Å². The van der Waals surface area contributed by atoms with Crippen LogP contribution in [0.4, 0.5) is 11.4 Å². The maximum atomic E-state index is 12.7. The van der Waals surface area contributed by atoms with Crippen molar-refractivity contribution in [2.75, 3.05) is 42.9 Å². The zero-order chi connectivity index (χ0) is 19.4. The van der Waals surface area contributed by atoms with Crippen LogP contribution in [0.15, 0.2) is 36.4 Å². The van der Waals surface area contributed by atoms with Crippen molar-refractivity contribution in [2.24, 2.45) is 0 Å². The Kier molecular flexibility index (Phi) is 6.04. The van der Waals surface area contributed by atoms with E-state index in [9.17, 15) is 4.79 Å². The van der Waals surface area contributed by atoms with Crippen LogP contribution in [0.2, 0.25) is 0 Å². The monoisotopic (exact) mass is 365 g/mol. The highest BCUT2D eigenvalue weighted by molar-refractivity contribution is 5.82. The van der Waals surface area contributed by atoms with Crippen molar-refractivity contribution in [3.63, 3.8) is 0 Å². The van der Waals surface area contributed by atoms with Crippen LogP contribution in [-0.2, 0) is 11.2 Å². The van der Waals surface area contributed by atoms with Gasteiger partial charge < -0.3 is 15.1 Å². The van der Waals surface area contributed by atoms with Crippen LogP contribution >= 0.6 is 0 Å². The number of hydrogen-bond donors (Lipinski definition) is 1. The summed E-state index contributed by atoms with van der Waals surface area (Å²) in [5.41, 5.74) is 7.53. The second-order valence-corrected chi connectivity index (χ2v) is 7.40. The number of rotatable bonds is 5. The predicted octanol–water partition coefficient (Wildman–Crippen LogP) is 3.93. The van der Waals surface area contributed by atoms with Gasteiger partial charge in [0.05, 0.1) is 6.54 Å². The molecule has 0 saturated carbocycles. The van der Waals surface area contributed by atoms with Crippen molar-refractivity contribution in [3.05, 3.63) is 58.7 Å². The van der Waals surface area contributed by atoms with E-state index in [2.05, 4.69) is 74.3 Å². The normalized spacial score (nSPS) is 14.4. The molecule has 3 rings (SSSR count). The van der Waals surface area contributed by atoms with E-state index in [1.54, 1.807) is 0 Å². The third-order valence-corrected chi connectivity index (χ3v) is 5.71. The standard InChI is InChI=1S/C23H31N3O/c1-5-20-10-6-9-18(3)23(20)24-16-22(27)26-14-12-25(13-15-26)21-11-7-8-17(2)19(21)4/h6-11,24H,5,12-16H2,1-4H3. The largest absolute Gasteiger partial charge is 0.376 e. The highest BCUT2D eigenvalue weighted by Crippen LogP contribution is 2.24. The maximum Gasteiger partial charge on any atom is 0.241 e. The molecule has 1 heterocycles. The van der Waals surface area contributed by atoms with Gasteiger partial charge in [0.15, 0.2) is 0 Å². The van der Waals surface area contributed by atoms with Crippen LogP contribution in [0.5, 0.6) is 0 Å². The first-order valence-corrected chi connectivity index (χ1v) is 9.92. The second-order valence-electron chi connectivity index (χ2n) is 7.40. The average molecular weight is 366 g/mol. The molecule has 1 saturated heterocycles. The molecule has 1 N–H and O–H groups in total. The maximum absolute atomic E-state index is 12.7. The lowest BCUT2D eigenvalue weighted by Gasteiger charge is -2.37. The van der Waals surface area contributed by atoms with E-state index in [-0.39, 0.29) is 5.91 Å². The van der Waals surface area contributed by atoms with Gasteiger partial charge >= 0.3 is 0 Å². The Morgan fingerprint density at radius 3 is 2.33 bits per heavy atom. The zero-order valence-corrected chi connectivity index (χ0v) is 17.0. The van der Waals surface area contributed by atoms with Crippen molar-refractivity contribution in [3.8, 4) is 0 Å². The predicted molar refractivity (Wildman–Crippen MR) is 114 cm³/mol. The lowest BCUT2D eigenvalue weighted by Crippen LogP contribution is -2.50. The summed E-state index contributed by atoms with van der Waals surface area (Å²) >= 11 is 0. The first-order valence-electron chi connectivity index (χ1n) is 9.92. The van der Waals surface area contributed by atoms with Gasteiger partial charge in [0, 0.05) is 37.6 Å². The van der Waals surface area contributed by atoms with Crippen molar-refractivity contribution < 1.29 is 4.79 Å². The fourth-order valence-corrected chi connectivity index (χ4v) is 3.83. The molecule has 2 aromatic carbocycles. The van der Waals surface area contributed by atoms with E-state index >= 15 is 0 Å². The summed E-state index contributed by atoms with van der Waals surface area (Å²) in [4.78, 5) is 17.1. The highest BCUT2D eigenvalue weighted by Gasteiger charge is 2.22. The molecule has 0 unspecified atom stereocenters. The second kappa shape index (κ2) is 8.47. The fraction of sp³-hybridized carbons (Fsp3) is 0.435. The summed E-state index contributed by atoms with van der Waals surface area (Å²) in [6.07, 6.45) is 0.965. The van der Waals surface area contributed by atoms with Crippen molar-refractivity contribution in [1.29, 1.82) is 0 Å². The molecule has 1 aliphatic heterocycles. The van der Waals surface area contributed by atoms with E-state index in [0.717, 1.165) is 38.3 Å². The minimum Gasteiger partial charge on any atom is -0.376 e. The summed E-state index contributed by atoms with van der Waals surface area (Å²) in [5, 5.41) is 3.38. The summed E-state index contributed by atoms with van der Waals surface area (Å²) in [7, 11) is 0. The van der Waals surface area contributed by atoms with Gasteiger partial charge in [-0.1, -0.05) is 37.3 Å². The van der Waals surface area contributed by atoms with Crippen molar-refractivity contribution in [2.45, 2.75) is 34.1 Å². The van der Waals surface area contributed by atoms with Crippen LogP contribution in [0, 0.1) is 20.8 Å². The average Bonchev–Trinajstić information content (AvgIpc) is 2.69. The lowest BCUT2D eigenvalue weighted by atomic mass is 10.1. The van der Waals surface area contributed by atoms with Gasteiger partial charge in [-0.25, -0.2) is 0 Å². The Morgan fingerprint density at radius 2 is 1.63 bits per heavy atom. The molecule has 1 fully saturated rings. The molecule has 2 aromatic rings. The molecule has 0 bridgehead atoms. The number of amides is 1. The number of nitrogens with one attached hydrogen (secondary N) is 1. The molecule has 1 amide bonds. The Hall–Kier alpha value is -2.49. The molecule has 0 aliphatic carbocycles. The number of aryl methyl sites for hydroxylation is 3. The van der Waals surface area contributed by atoms with Crippen LogP contribution in [-0.4, -0.2) is 43.5 Å². The van der Waals surface area contributed by atoms with Gasteiger partial charge in [-0.15, -0.1) is 0 Å². The van der Waals surface area contributed by atoms with E-state index in [1.807, 2.05) is 4.90 Å². The molecule has 0 atom stereocenters. The molecule has 0 aromatic heterocycles. The van der Waals surface area contributed by atoms with Gasteiger partial charge in [-0.3, -0.25) is 4.79 Å². The molecule has 0 spiro atoms. The van der Waals surface area contributed by atoms with Gasteiger partial charge in [-0.2, -0.15) is 0 Å². The zero-order valence-electron chi connectivity index (χ0n) is 17.0. The summed E-state index contributed by atoms with van der Waals surface area (Å²) in [6.45, 7) is 12.3. The van der Waals surface area contributed by atoms with Crippen molar-refractivity contribution >= 4 is 17.3 Å². The number of nitrogens with zero attached hydrogens (tertiary/aromatic N) is 2. The molecule has 4 nitrogen and oxygen atoms in total. The smallest absolute Gasteiger partial charge is 0.241 e. The van der Waals surface area contributed by atoms with Crippen molar-refractivity contribution in [1.82, 2.24) is 4.90 Å². The number of benzene rings is 2. The molecule has 144 valence electrons. The first kappa shape index (κ1) is 19.3. The Labute approximate surface area is 163 Å². The number of hydrogen-bond acceptors (Lipinski definition) is 3. The Morgan fingerprint density at radius 1 is 0.963 bits per heavy atom. The molecule has 1 aliphatic rings. The number of carbonyl (C=O) groups is 1. The minimum atomic E-state index is 0.181. The summed E-state index contributed by atoms with van der Waals surface area (Å²) in [5.74, 6) is 0.181. The number of carbonyl (C=O) groups excluding carboxylic acids is 1. The lowest BCUT2D eigenvalue weighted by molar-refractivity contribution is -0.129. The SMILES string of the molecule is CCc1cccc(C)c1NCC(=O)N1CCN(c2cccc(C)c2C)CC1. The first-order chi connectivity index (χ1) is 13.0. The third-order valence-electron chi connectivity index (χ3n) is 5.71. The topological polar surface area (TPSA) is 35.6 Å². The van der Waals surface area contributed by atoms with Gasteiger partial charge in [0.1, 0.15) is 0 Å². The Bertz CT molecular complexity index is 807. The minimum absolute atomic E-state index is 0.181. The van der Waals surface area contributed by atoms with E-state index in [0.29, 0.717) is 6.54 Å².